The number of sulfone groups is 1. The van der Waals surface area contributed by atoms with Gasteiger partial charge in [0.25, 0.3) is 5.91 Å². The third kappa shape index (κ3) is 5.89. The van der Waals surface area contributed by atoms with Crippen LogP contribution >= 0.6 is 11.8 Å². The van der Waals surface area contributed by atoms with Gasteiger partial charge in [0.15, 0.2) is 15.0 Å². The Balaban J connectivity index is 1.56. The van der Waals surface area contributed by atoms with Crippen molar-refractivity contribution in [1.29, 1.82) is 0 Å². The van der Waals surface area contributed by atoms with E-state index in [2.05, 4.69) is 4.98 Å². The molecule has 0 N–H and O–H groups in total. The van der Waals surface area contributed by atoms with Crippen LogP contribution in [-0.2, 0) is 9.84 Å². The predicted octanol–water partition coefficient (Wildman–Crippen LogP) is 3.54. The molecule has 2 aromatic carbocycles. The Bertz CT molecular complexity index is 1160. The van der Waals surface area contributed by atoms with Crippen LogP contribution in [0.2, 0.25) is 0 Å². The fraction of sp³-hybridized carbons (Fsp3) is 0.273. The van der Waals surface area contributed by atoms with Crippen LogP contribution in [0.5, 0.6) is 5.75 Å². The van der Waals surface area contributed by atoms with Crippen molar-refractivity contribution in [2.24, 2.45) is 0 Å². The number of carbonyl (C=O) groups is 1. The maximum atomic E-state index is 12.8. The van der Waals surface area contributed by atoms with Gasteiger partial charge in [0.2, 0.25) is 0 Å². The van der Waals surface area contributed by atoms with E-state index in [1.807, 2.05) is 35.2 Å². The molecule has 0 radical (unpaired) electrons. The summed E-state index contributed by atoms with van der Waals surface area (Å²) in [5, 5.41) is 0.857. The second-order valence-electron chi connectivity index (χ2n) is 7.01. The van der Waals surface area contributed by atoms with Gasteiger partial charge in [0.1, 0.15) is 5.75 Å². The molecule has 7 nitrogen and oxygen atoms in total. The van der Waals surface area contributed by atoms with E-state index in [0.29, 0.717) is 30.9 Å². The summed E-state index contributed by atoms with van der Waals surface area (Å²) in [6.45, 7) is 0.882. The van der Waals surface area contributed by atoms with E-state index >= 15 is 0 Å². The van der Waals surface area contributed by atoms with E-state index in [1.165, 1.54) is 12.1 Å². The van der Waals surface area contributed by atoms with Crippen LogP contribution in [0.4, 0.5) is 0 Å². The van der Waals surface area contributed by atoms with Crippen molar-refractivity contribution in [2.45, 2.75) is 16.5 Å². The maximum Gasteiger partial charge on any atom is 0.253 e. The molecular weight excluding hydrogens is 434 g/mol. The summed E-state index contributed by atoms with van der Waals surface area (Å²) < 4.78 is 30.9. The van der Waals surface area contributed by atoms with Crippen LogP contribution in [0.25, 0.3) is 5.69 Å². The van der Waals surface area contributed by atoms with E-state index < -0.39 is 9.84 Å². The van der Waals surface area contributed by atoms with Gasteiger partial charge in [-0.25, -0.2) is 13.4 Å². The summed E-state index contributed by atoms with van der Waals surface area (Å²) in [4.78, 5) is 19.0. The molecule has 0 saturated carbocycles. The fourth-order valence-electron chi connectivity index (χ4n) is 3.03. The van der Waals surface area contributed by atoms with Crippen molar-refractivity contribution in [3.8, 4) is 11.4 Å². The third-order valence-corrected chi connectivity index (χ3v) is 6.43. The average molecular weight is 460 g/mol. The van der Waals surface area contributed by atoms with Gasteiger partial charge in [-0.3, -0.25) is 9.36 Å². The number of rotatable bonds is 9. The van der Waals surface area contributed by atoms with Crippen LogP contribution in [0.3, 0.4) is 0 Å². The second-order valence-corrected chi connectivity index (χ2v) is 9.80. The summed E-state index contributed by atoms with van der Waals surface area (Å²) >= 11 is 1.54. The lowest BCUT2D eigenvalue weighted by molar-refractivity contribution is 0.0788. The molecule has 164 valence electrons. The molecular formula is C22H25N3O4S2. The number of imidazole rings is 1. The summed E-state index contributed by atoms with van der Waals surface area (Å²) in [7, 11) is -1.52. The zero-order valence-electron chi connectivity index (χ0n) is 17.7. The Labute approximate surface area is 187 Å². The first-order valence-electron chi connectivity index (χ1n) is 9.66. The van der Waals surface area contributed by atoms with Crippen molar-refractivity contribution >= 4 is 27.5 Å². The fourth-order valence-corrected chi connectivity index (χ4v) is 4.22. The molecule has 1 heterocycles. The Morgan fingerprint density at radius 2 is 1.97 bits per heavy atom. The van der Waals surface area contributed by atoms with E-state index in [-0.39, 0.29) is 10.8 Å². The molecule has 0 fully saturated rings. The minimum Gasteiger partial charge on any atom is -0.493 e. The largest absolute Gasteiger partial charge is 0.493 e. The van der Waals surface area contributed by atoms with E-state index in [9.17, 15) is 13.2 Å². The van der Waals surface area contributed by atoms with Crippen molar-refractivity contribution < 1.29 is 17.9 Å². The second kappa shape index (κ2) is 10.0. The van der Waals surface area contributed by atoms with Crippen molar-refractivity contribution in [3.05, 3.63) is 66.5 Å². The minimum atomic E-state index is -3.28. The number of ether oxygens (including phenoxy) is 1. The summed E-state index contributed by atoms with van der Waals surface area (Å²) in [5.41, 5.74) is 1.48. The molecule has 0 aliphatic carbocycles. The van der Waals surface area contributed by atoms with Gasteiger partial charge in [0, 0.05) is 43.5 Å². The van der Waals surface area contributed by atoms with Gasteiger partial charge in [0.05, 0.1) is 11.5 Å². The van der Waals surface area contributed by atoms with E-state index in [4.69, 9.17) is 4.74 Å². The van der Waals surface area contributed by atoms with Crippen LogP contribution in [-0.4, -0.2) is 61.5 Å². The lowest BCUT2D eigenvalue weighted by Crippen LogP contribution is -2.28. The molecule has 9 heteroatoms. The first-order chi connectivity index (χ1) is 14.8. The Morgan fingerprint density at radius 1 is 1.19 bits per heavy atom. The summed E-state index contributed by atoms with van der Waals surface area (Å²) in [5.74, 6) is 0.418. The molecule has 0 saturated heterocycles. The molecule has 0 unspecified atom stereocenters. The van der Waals surface area contributed by atoms with Crippen LogP contribution < -0.4 is 4.74 Å². The van der Waals surface area contributed by atoms with Gasteiger partial charge in [-0.1, -0.05) is 23.9 Å². The molecule has 31 heavy (non-hydrogen) atoms. The monoisotopic (exact) mass is 459 g/mol. The normalized spacial score (nSPS) is 11.3. The smallest absolute Gasteiger partial charge is 0.253 e. The van der Waals surface area contributed by atoms with Crippen LogP contribution in [0.1, 0.15) is 16.8 Å². The number of amides is 1. The number of benzene rings is 2. The molecule has 1 aromatic heterocycles. The van der Waals surface area contributed by atoms with Crippen molar-refractivity contribution in [2.75, 3.05) is 32.7 Å². The molecule has 0 aliphatic heterocycles. The zero-order chi connectivity index (χ0) is 22.4. The topological polar surface area (TPSA) is 81.5 Å². The molecule has 0 aliphatic rings. The molecule has 1 amide bonds. The van der Waals surface area contributed by atoms with Crippen LogP contribution in [0, 0.1) is 0 Å². The number of aromatic nitrogens is 2. The highest BCUT2D eigenvalue weighted by molar-refractivity contribution is 7.98. The van der Waals surface area contributed by atoms with Crippen molar-refractivity contribution in [1.82, 2.24) is 14.5 Å². The highest BCUT2D eigenvalue weighted by Gasteiger charge is 2.13. The zero-order valence-corrected chi connectivity index (χ0v) is 19.3. The SMILES string of the molecule is CSc1nccn1-c1cccc(C(=O)N(C)CCCOc2cccc(S(C)(=O)=O)c2)c1. The summed E-state index contributed by atoms with van der Waals surface area (Å²) in [6, 6.07) is 13.9. The number of hydrogen-bond acceptors (Lipinski definition) is 6. The van der Waals surface area contributed by atoms with Crippen LogP contribution in [0.15, 0.2) is 71.0 Å². The highest BCUT2D eigenvalue weighted by Crippen LogP contribution is 2.20. The van der Waals surface area contributed by atoms with E-state index in [0.717, 1.165) is 17.1 Å². The Hall–Kier alpha value is -2.78. The molecule has 0 bridgehead atoms. The summed E-state index contributed by atoms with van der Waals surface area (Å²) in [6.07, 6.45) is 7.34. The van der Waals surface area contributed by atoms with Gasteiger partial charge in [-0.05, 0) is 49.1 Å². The Morgan fingerprint density at radius 3 is 2.71 bits per heavy atom. The first kappa shape index (κ1) is 22.9. The van der Waals surface area contributed by atoms with E-state index in [1.54, 1.807) is 48.1 Å². The average Bonchev–Trinajstić information content (AvgIpc) is 3.25. The third-order valence-electron chi connectivity index (χ3n) is 4.65. The molecule has 0 spiro atoms. The van der Waals surface area contributed by atoms with Gasteiger partial charge >= 0.3 is 0 Å². The van der Waals surface area contributed by atoms with Crippen molar-refractivity contribution in [3.63, 3.8) is 0 Å². The standard InChI is InChI=1S/C22H25N3O4S2/c1-24(12-6-14-29-19-9-5-10-20(16-19)31(3,27)28)21(26)17-7-4-8-18(15-17)25-13-11-23-22(25)30-2/h4-5,7-11,13,15-16H,6,12,14H2,1-3H3. The molecule has 3 aromatic rings. The van der Waals surface area contributed by atoms with Gasteiger partial charge < -0.3 is 9.64 Å². The minimum absolute atomic E-state index is 0.0771. The quantitative estimate of drug-likeness (QED) is 0.360. The predicted molar refractivity (Wildman–Crippen MR) is 122 cm³/mol. The molecule has 0 atom stereocenters. The first-order valence-corrected chi connectivity index (χ1v) is 12.8. The molecule has 3 rings (SSSR count). The lowest BCUT2D eigenvalue weighted by atomic mass is 10.1. The lowest BCUT2D eigenvalue weighted by Gasteiger charge is -2.18. The number of thioether (sulfide) groups is 1. The van der Waals surface area contributed by atoms with Gasteiger partial charge in [-0.15, -0.1) is 0 Å². The maximum absolute atomic E-state index is 12.8. The number of nitrogens with zero attached hydrogens (tertiary/aromatic N) is 3. The number of carbonyl (C=O) groups excluding carboxylic acids is 1. The number of hydrogen-bond donors (Lipinski definition) is 0. The van der Waals surface area contributed by atoms with Gasteiger partial charge in [-0.2, -0.15) is 0 Å². The highest BCUT2D eigenvalue weighted by atomic mass is 32.2. The Kier molecular flexibility index (Phi) is 7.40.